The van der Waals surface area contributed by atoms with E-state index in [1.807, 2.05) is 4.90 Å². The first-order chi connectivity index (χ1) is 12.7. The molecule has 1 heterocycles. The fraction of sp³-hybridized carbons (Fsp3) is 0.333. The van der Waals surface area contributed by atoms with Crippen LogP contribution in [0, 0.1) is 17.5 Å². The molecule has 2 aromatic carbocycles. The highest BCUT2D eigenvalue weighted by atomic mass is 35.5. The quantitative estimate of drug-likeness (QED) is 0.519. The summed E-state index contributed by atoms with van der Waals surface area (Å²) in [6.45, 7) is 2.13. The van der Waals surface area contributed by atoms with Gasteiger partial charge in [0.1, 0.15) is 11.6 Å². The van der Waals surface area contributed by atoms with Gasteiger partial charge in [0.15, 0.2) is 11.6 Å². The van der Waals surface area contributed by atoms with Gasteiger partial charge in [-0.1, -0.05) is 12.1 Å². The number of hydrogen-bond acceptors (Lipinski definition) is 3. The van der Waals surface area contributed by atoms with Crippen LogP contribution in [0.2, 0.25) is 0 Å². The first-order valence-corrected chi connectivity index (χ1v) is 8.19. The molecule has 0 amide bonds. The number of alkyl halides is 3. The minimum Gasteiger partial charge on any atom is -0.406 e. The lowest BCUT2D eigenvalue weighted by Gasteiger charge is -2.35. The fourth-order valence-electron chi connectivity index (χ4n) is 3.15. The van der Waals surface area contributed by atoms with Gasteiger partial charge < -0.3 is 10.1 Å². The molecule has 0 saturated carbocycles. The van der Waals surface area contributed by atoms with E-state index in [-0.39, 0.29) is 30.4 Å². The molecular weight excluding hydrogens is 445 g/mol. The number of piperazine rings is 1. The van der Waals surface area contributed by atoms with Crippen molar-refractivity contribution in [1.82, 2.24) is 10.2 Å². The van der Waals surface area contributed by atoms with Crippen molar-refractivity contribution in [2.45, 2.75) is 12.4 Å². The molecule has 0 bridgehead atoms. The van der Waals surface area contributed by atoms with Crippen molar-refractivity contribution >= 4 is 24.8 Å². The van der Waals surface area contributed by atoms with Crippen LogP contribution >= 0.6 is 24.8 Å². The Balaban J connectivity index is 0.00000210. The Morgan fingerprint density at radius 3 is 2.07 bits per heavy atom. The van der Waals surface area contributed by atoms with E-state index < -0.39 is 35.6 Å². The molecular formula is C18H18Cl2F6N2O. The van der Waals surface area contributed by atoms with E-state index in [1.54, 1.807) is 0 Å². The van der Waals surface area contributed by atoms with Crippen molar-refractivity contribution in [3.8, 4) is 5.75 Å². The minimum atomic E-state index is -4.84. The molecule has 1 aliphatic rings. The molecule has 0 radical (unpaired) electrons. The summed E-state index contributed by atoms with van der Waals surface area (Å²) in [5.41, 5.74) is 0.189. The van der Waals surface area contributed by atoms with Crippen LogP contribution in [0.15, 0.2) is 36.4 Å². The second kappa shape index (κ2) is 10.4. The maximum Gasteiger partial charge on any atom is 0.573 e. The van der Waals surface area contributed by atoms with E-state index in [1.165, 1.54) is 12.1 Å². The number of nitrogens with one attached hydrogen (secondary N) is 1. The number of nitrogens with zero attached hydrogens (tertiary/aromatic N) is 1. The van der Waals surface area contributed by atoms with Gasteiger partial charge in [-0.15, -0.1) is 38.0 Å². The monoisotopic (exact) mass is 462 g/mol. The zero-order valence-electron chi connectivity index (χ0n) is 14.8. The van der Waals surface area contributed by atoms with Gasteiger partial charge in [0.25, 0.3) is 0 Å². The molecule has 1 fully saturated rings. The lowest BCUT2D eigenvalue weighted by Crippen LogP contribution is -2.45. The second-order valence-corrected chi connectivity index (χ2v) is 6.10. The number of benzene rings is 2. The molecule has 29 heavy (non-hydrogen) atoms. The summed E-state index contributed by atoms with van der Waals surface area (Å²) in [4.78, 5) is 1.81. The number of rotatable bonds is 4. The minimum absolute atomic E-state index is 0. The summed E-state index contributed by atoms with van der Waals surface area (Å²) in [5, 5.41) is 3.12. The molecule has 0 aliphatic carbocycles. The van der Waals surface area contributed by atoms with Crippen LogP contribution in [0.4, 0.5) is 26.3 Å². The second-order valence-electron chi connectivity index (χ2n) is 6.10. The lowest BCUT2D eigenvalue weighted by molar-refractivity contribution is -0.274. The Kier molecular flexibility index (Phi) is 9.08. The van der Waals surface area contributed by atoms with Gasteiger partial charge in [0.2, 0.25) is 0 Å². The number of halogens is 8. The van der Waals surface area contributed by atoms with Crippen LogP contribution in [-0.4, -0.2) is 37.4 Å². The summed E-state index contributed by atoms with van der Waals surface area (Å²) >= 11 is 0. The zero-order chi connectivity index (χ0) is 19.6. The predicted octanol–water partition coefficient (Wildman–Crippen LogP) is 4.84. The number of hydrogen-bond donors (Lipinski definition) is 1. The Bertz CT molecular complexity index is 798. The standard InChI is InChI=1S/C18H16F6N2O.2ClH/c19-12-9-14(16(21)15(20)10-12)17(26-7-5-25-6-8-26)11-1-3-13(4-2-11)27-18(22,23)24;;/h1-4,9-10,17,25H,5-8H2;2*1H/t17-;;/m1../s1. The molecule has 3 nitrogen and oxygen atoms in total. The lowest BCUT2D eigenvalue weighted by atomic mass is 9.95. The Hall–Kier alpha value is -1.68. The van der Waals surface area contributed by atoms with E-state index >= 15 is 0 Å². The van der Waals surface area contributed by atoms with Crippen molar-refractivity contribution in [3.05, 3.63) is 65.0 Å². The van der Waals surface area contributed by atoms with Crippen LogP contribution in [0.1, 0.15) is 17.2 Å². The summed E-state index contributed by atoms with van der Waals surface area (Å²) in [6.07, 6.45) is -4.84. The SMILES string of the molecule is Cl.Cl.Fc1cc(F)c(F)c([C@@H](c2ccc(OC(F)(F)F)cc2)N2CCNCC2)c1. The van der Waals surface area contributed by atoms with E-state index in [0.717, 1.165) is 18.2 Å². The highest BCUT2D eigenvalue weighted by molar-refractivity contribution is 5.85. The van der Waals surface area contributed by atoms with Crippen molar-refractivity contribution in [1.29, 1.82) is 0 Å². The van der Waals surface area contributed by atoms with Crippen LogP contribution in [-0.2, 0) is 0 Å². The largest absolute Gasteiger partial charge is 0.573 e. The summed E-state index contributed by atoms with van der Waals surface area (Å²) in [5.74, 6) is -3.87. The fourth-order valence-corrected chi connectivity index (χ4v) is 3.15. The van der Waals surface area contributed by atoms with Crippen LogP contribution in [0.5, 0.6) is 5.75 Å². The molecule has 0 spiro atoms. The highest BCUT2D eigenvalue weighted by Gasteiger charge is 2.32. The van der Waals surface area contributed by atoms with Crippen LogP contribution in [0.3, 0.4) is 0 Å². The van der Waals surface area contributed by atoms with E-state index in [0.29, 0.717) is 37.8 Å². The van der Waals surface area contributed by atoms with Crippen LogP contribution in [0.25, 0.3) is 0 Å². The molecule has 0 unspecified atom stereocenters. The molecule has 3 rings (SSSR count). The molecule has 1 atom stereocenters. The van der Waals surface area contributed by atoms with E-state index in [9.17, 15) is 26.3 Å². The average Bonchev–Trinajstić information content (AvgIpc) is 2.60. The molecule has 1 N–H and O–H groups in total. The average molecular weight is 463 g/mol. The maximum atomic E-state index is 14.4. The third-order valence-corrected chi connectivity index (χ3v) is 4.26. The first-order valence-electron chi connectivity index (χ1n) is 8.19. The predicted molar refractivity (Wildman–Crippen MR) is 100 cm³/mol. The third-order valence-electron chi connectivity index (χ3n) is 4.26. The maximum absolute atomic E-state index is 14.4. The highest BCUT2D eigenvalue weighted by Crippen LogP contribution is 2.34. The van der Waals surface area contributed by atoms with Crippen molar-refractivity contribution in [3.63, 3.8) is 0 Å². The van der Waals surface area contributed by atoms with Crippen molar-refractivity contribution in [2.75, 3.05) is 26.2 Å². The topological polar surface area (TPSA) is 24.5 Å². The Morgan fingerprint density at radius 1 is 0.931 bits per heavy atom. The summed E-state index contributed by atoms with van der Waals surface area (Å²) in [6, 6.07) is 5.35. The van der Waals surface area contributed by atoms with E-state index in [4.69, 9.17) is 0 Å². The van der Waals surface area contributed by atoms with Gasteiger partial charge in [0, 0.05) is 37.8 Å². The third kappa shape index (κ3) is 6.40. The smallest absolute Gasteiger partial charge is 0.406 e. The van der Waals surface area contributed by atoms with Gasteiger partial charge in [0.05, 0.1) is 6.04 Å². The molecule has 0 aromatic heterocycles. The zero-order valence-corrected chi connectivity index (χ0v) is 16.4. The normalized spacial score (nSPS) is 15.8. The molecule has 11 heteroatoms. The van der Waals surface area contributed by atoms with Gasteiger partial charge in [-0.2, -0.15) is 0 Å². The molecule has 1 aliphatic heterocycles. The molecule has 1 saturated heterocycles. The van der Waals surface area contributed by atoms with E-state index in [2.05, 4.69) is 10.1 Å². The Labute approximate surface area is 175 Å². The number of ether oxygens (including phenoxy) is 1. The van der Waals surface area contributed by atoms with Gasteiger partial charge in [-0.3, -0.25) is 4.90 Å². The van der Waals surface area contributed by atoms with Crippen molar-refractivity contribution < 1.29 is 31.1 Å². The molecule has 162 valence electrons. The first kappa shape index (κ1) is 25.4. The van der Waals surface area contributed by atoms with Gasteiger partial charge >= 0.3 is 6.36 Å². The van der Waals surface area contributed by atoms with Crippen molar-refractivity contribution in [2.24, 2.45) is 0 Å². The van der Waals surface area contributed by atoms with Gasteiger partial charge in [-0.25, -0.2) is 13.2 Å². The van der Waals surface area contributed by atoms with Crippen LogP contribution < -0.4 is 10.1 Å². The Morgan fingerprint density at radius 2 is 1.52 bits per heavy atom. The summed E-state index contributed by atoms with van der Waals surface area (Å²) in [7, 11) is 0. The van der Waals surface area contributed by atoms with Gasteiger partial charge in [-0.05, 0) is 23.8 Å². The summed E-state index contributed by atoms with van der Waals surface area (Å²) < 4.78 is 82.7. The molecule has 2 aromatic rings.